The molecule has 1 N–H and O–H groups in total. The molecule has 1 amide bonds. The standard InChI is InChI=1S/C13H15F4N.C8H7NO/c14-12-7-10(6-11(8-12)13(15,16)17)9-18-4-2-1-3-5-18;10-8-7-4-2-1-3-6(7)5-9-8/h6-8H,1-5,9H2;1-4H,5H2,(H,9,10). The van der Waals surface area contributed by atoms with E-state index in [9.17, 15) is 22.4 Å². The number of fused-ring (bicyclic) bond motifs is 1. The summed E-state index contributed by atoms with van der Waals surface area (Å²) in [5.41, 5.74) is 1.41. The second-order valence-corrected chi connectivity index (χ2v) is 7.02. The molecule has 2 aliphatic rings. The first kappa shape index (κ1) is 20.3. The van der Waals surface area contributed by atoms with Crippen molar-refractivity contribution in [3.63, 3.8) is 0 Å². The van der Waals surface area contributed by atoms with Gasteiger partial charge in [0.1, 0.15) is 5.82 Å². The normalized spacial score (nSPS) is 16.8. The molecule has 1 fully saturated rings. The van der Waals surface area contributed by atoms with Crippen LogP contribution in [-0.2, 0) is 19.3 Å². The maximum Gasteiger partial charge on any atom is 0.416 e. The molecule has 2 aliphatic heterocycles. The minimum atomic E-state index is -4.49. The van der Waals surface area contributed by atoms with E-state index in [0.717, 1.165) is 49.5 Å². The van der Waals surface area contributed by atoms with Gasteiger partial charge in [-0.3, -0.25) is 9.69 Å². The predicted molar refractivity (Wildman–Crippen MR) is 98.1 cm³/mol. The van der Waals surface area contributed by atoms with Gasteiger partial charge >= 0.3 is 6.18 Å². The molecule has 0 radical (unpaired) electrons. The van der Waals surface area contributed by atoms with Crippen LogP contribution in [0.2, 0.25) is 0 Å². The third-order valence-electron chi connectivity index (χ3n) is 4.84. The van der Waals surface area contributed by atoms with Crippen LogP contribution in [0.25, 0.3) is 0 Å². The van der Waals surface area contributed by atoms with Crippen LogP contribution in [0.5, 0.6) is 0 Å². The molecule has 0 aromatic heterocycles. The van der Waals surface area contributed by atoms with Gasteiger partial charge in [-0.05, 0) is 61.3 Å². The molecule has 3 nitrogen and oxygen atoms in total. The van der Waals surface area contributed by atoms with E-state index in [2.05, 4.69) is 10.2 Å². The number of alkyl halides is 3. The molecular weight excluding hydrogens is 372 g/mol. The van der Waals surface area contributed by atoms with Crippen molar-refractivity contribution >= 4 is 5.91 Å². The third kappa shape index (κ3) is 5.32. The molecule has 0 bridgehead atoms. The Kier molecular flexibility index (Phi) is 6.34. The second-order valence-electron chi connectivity index (χ2n) is 7.02. The van der Waals surface area contributed by atoms with E-state index < -0.39 is 17.6 Å². The smallest absolute Gasteiger partial charge is 0.348 e. The summed E-state index contributed by atoms with van der Waals surface area (Å²) in [5.74, 6) is -0.771. The molecule has 4 rings (SSSR count). The van der Waals surface area contributed by atoms with Gasteiger partial charge in [0.2, 0.25) is 0 Å². The Morgan fingerprint density at radius 2 is 1.71 bits per heavy atom. The second kappa shape index (κ2) is 8.73. The summed E-state index contributed by atoms with van der Waals surface area (Å²) < 4.78 is 50.8. The van der Waals surface area contributed by atoms with E-state index >= 15 is 0 Å². The van der Waals surface area contributed by atoms with E-state index in [0.29, 0.717) is 24.7 Å². The topological polar surface area (TPSA) is 32.3 Å². The Balaban J connectivity index is 0.000000188. The first-order valence-electron chi connectivity index (χ1n) is 9.28. The zero-order chi connectivity index (χ0) is 20.1. The number of carbonyl (C=O) groups excluding carboxylic acids is 1. The molecule has 2 heterocycles. The Hall–Kier alpha value is -2.41. The molecule has 0 unspecified atom stereocenters. The van der Waals surface area contributed by atoms with E-state index in [1.807, 2.05) is 24.3 Å². The van der Waals surface area contributed by atoms with Crippen LogP contribution in [-0.4, -0.2) is 23.9 Å². The van der Waals surface area contributed by atoms with Crippen LogP contribution < -0.4 is 5.32 Å². The van der Waals surface area contributed by atoms with Gasteiger partial charge in [-0.1, -0.05) is 24.6 Å². The van der Waals surface area contributed by atoms with Crippen LogP contribution in [0, 0.1) is 5.82 Å². The molecule has 2 aromatic carbocycles. The zero-order valence-corrected chi connectivity index (χ0v) is 15.4. The van der Waals surface area contributed by atoms with Gasteiger partial charge in [-0.25, -0.2) is 4.39 Å². The monoisotopic (exact) mass is 394 g/mol. The van der Waals surface area contributed by atoms with E-state index in [4.69, 9.17) is 0 Å². The highest BCUT2D eigenvalue weighted by Gasteiger charge is 2.31. The lowest BCUT2D eigenvalue weighted by Crippen LogP contribution is -2.29. The lowest BCUT2D eigenvalue weighted by Gasteiger charge is -2.26. The minimum absolute atomic E-state index is 0.0515. The molecule has 7 heteroatoms. The average Bonchev–Trinajstić information content (AvgIpc) is 3.03. The van der Waals surface area contributed by atoms with Gasteiger partial charge in [-0.15, -0.1) is 0 Å². The van der Waals surface area contributed by atoms with Crippen molar-refractivity contribution in [2.24, 2.45) is 0 Å². The number of piperidine rings is 1. The molecule has 150 valence electrons. The van der Waals surface area contributed by atoms with Gasteiger partial charge in [-0.2, -0.15) is 13.2 Å². The number of rotatable bonds is 2. The van der Waals surface area contributed by atoms with Crippen molar-refractivity contribution in [2.45, 2.75) is 38.5 Å². The number of likely N-dealkylation sites (tertiary alicyclic amines) is 1. The lowest BCUT2D eigenvalue weighted by atomic mass is 10.1. The largest absolute Gasteiger partial charge is 0.416 e. The highest BCUT2D eigenvalue weighted by molar-refractivity contribution is 5.98. The molecule has 0 saturated carbocycles. The van der Waals surface area contributed by atoms with Gasteiger partial charge < -0.3 is 5.32 Å². The first-order chi connectivity index (χ1) is 13.3. The lowest BCUT2D eigenvalue weighted by molar-refractivity contribution is -0.137. The molecular formula is C21H22F4N2O. The van der Waals surface area contributed by atoms with Crippen LogP contribution in [0.15, 0.2) is 42.5 Å². The number of benzene rings is 2. The first-order valence-corrected chi connectivity index (χ1v) is 9.28. The molecule has 2 aromatic rings. The van der Waals surface area contributed by atoms with Gasteiger partial charge in [0.15, 0.2) is 0 Å². The molecule has 0 spiro atoms. The number of carbonyl (C=O) groups is 1. The molecule has 1 saturated heterocycles. The summed E-state index contributed by atoms with van der Waals surface area (Å²) in [6.07, 6.45) is -1.21. The number of hydrogen-bond donors (Lipinski definition) is 1. The summed E-state index contributed by atoms with van der Waals surface area (Å²) in [6, 6.07) is 10.4. The predicted octanol–water partition coefficient (Wildman–Crippen LogP) is 4.76. The fourth-order valence-corrected chi connectivity index (χ4v) is 3.45. The number of hydrogen-bond acceptors (Lipinski definition) is 2. The summed E-state index contributed by atoms with van der Waals surface area (Å²) in [7, 11) is 0. The molecule has 0 atom stereocenters. The highest BCUT2D eigenvalue weighted by Crippen LogP contribution is 2.30. The number of nitrogens with zero attached hydrogens (tertiary/aromatic N) is 1. The fraction of sp³-hybridized carbons (Fsp3) is 0.381. The average molecular weight is 394 g/mol. The van der Waals surface area contributed by atoms with Crippen LogP contribution in [0.4, 0.5) is 17.6 Å². The molecule has 28 heavy (non-hydrogen) atoms. The van der Waals surface area contributed by atoms with Crippen molar-refractivity contribution < 1.29 is 22.4 Å². The minimum Gasteiger partial charge on any atom is -0.348 e. The summed E-state index contributed by atoms with van der Waals surface area (Å²) >= 11 is 0. The maximum absolute atomic E-state index is 13.2. The van der Waals surface area contributed by atoms with Crippen LogP contribution in [0.1, 0.15) is 46.3 Å². The van der Waals surface area contributed by atoms with Crippen LogP contribution >= 0.6 is 0 Å². The Bertz CT molecular complexity index is 829. The van der Waals surface area contributed by atoms with Crippen molar-refractivity contribution in [3.8, 4) is 0 Å². The maximum atomic E-state index is 13.2. The molecule has 0 aliphatic carbocycles. The Morgan fingerprint density at radius 1 is 1.00 bits per heavy atom. The van der Waals surface area contributed by atoms with Crippen molar-refractivity contribution in [3.05, 3.63) is 70.5 Å². The SMILES string of the molecule is Fc1cc(CN2CCCCC2)cc(C(F)(F)F)c1.O=C1NCc2ccccc21. The summed E-state index contributed by atoms with van der Waals surface area (Å²) in [4.78, 5) is 13.0. The number of amides is 1. The summed E-state index contributed by atoms with van der Waals surface area (Å²) in [6.45, 7) is 2.82. The van der Waals surface area contributed by atoms with E-state index in [-0.39, 0.29) is 5.91 Å². The fourth-order valence-electron chi connectivity index (χ4n) is 3.45. The van der Waals surface area contributed by atoms with Gasteiger partial charge in [0, 0.05) is 18.7 Å². The van der Waals surface area contributed by atoms with Crippen LogP contribution in [0.3, 0.4) is 0 Å². The van der Waals surface area contributed by atoms with Gasteiger partial charge in [0.05, 0.1) is 5.56 Å². The summed E-state index contributed by atoms with van der Waals surface area (Å²) in [5, 5.41) is 2.75. The van der Waals surface area contributed by atoms with E-state index in [1.165, 1.54) is 6.07 Å². The van der Waals surface area contributed by atoms with E-state index in [1.54, 1.807) is 0 Å². The number of nitrogens with one attached hydrogen (secondary N) is 1. The third-order valence-corrected chi connectivity index (χ3v) is 4.84. The van der Waals surface area contributed by atoms with Crippen molar-refractivity contribution in [1.29, 1.82) is 0 Å². The van der Waals surface area contributed by atoms with Crippen molar-refractivity contribution in [1.82, 2.24) is 10.2 Å². The van der Waals surface area contributed by atoms with Gasteiger partial charge in [0.25, 0.3) is 5.91 Å². The zero-order valence-electron chi connectivity index (χ0n) is 15.4. The highest BCUT2D eigenvalue weighted by atomic mass is 19.4. The Labute approximate surface area is 161 Å². The Morgan fingerprint density at radius 3 is 2.39 bits per heavy atom. The quantitative estimate of drug-likeness (QED) is 0.745. The number of halogens is 4. The van der Waals surface area contributed by atoms with Crippen molar-refractivity contribution in [2.75, 3.05) is 13.1 Å².